The van der Waals surface area contributed by atoms with E-state index in [4.69, 9.17) is 12.2 Å². The summed E-state index contributed by atoms with van der Waals surface area (Å²) in [5.41, 5.74) is 4.31. The monoisotopic (exact) mass is 260 g/mol. The van der Waals surface area contributed by atoms with E-state index in [9.17, 15) is 0 Å². The van der Waals surface area contributed by atoms with Crippen molar-refractivity contribution in [2.45, 2.75) is 46.1 Å². The Morgan fingerprint density at radius 3 is 2.83 bits per heavy atom. The largest absolute Gasteiger partial charge is 0.331 e. The maximum absolute atomic E-state index is 5.50. The molecule has 0 saturated heterocycles. The number of aryl methyl sites for hydroxylation is 1. The Morgan fingerprint density at radius 1 is 1.39 bits per heavy atom. The SMILES string of the molecule is CCCC1(Cn2c(=S)[nH]c3cccc(C)c32)CC1. The number of hydrogen-bond donors (Lipinski definition) is 1. The van der Waals surface area contributed by atoms with Crippen LogP contribution in [-0.4, -0.2) is 9.55 Å². The number of H-pyrrole nitrogens is 1. The average molecular weight is 260 g/mol. The summed E-state index contributed by atoms with van der Waals surface area (Å²) < 4.78 is 3.20. The van der Waals surface area contributed by atoms with Crippen LogP contribution in [0.15, 0.2) is 18.2 Å². The van der Waals surface area contributed by atoms with Crippen LogP contribution in [0.25, 0.3) is 11.0 Å². The van der Waals surface area contributed by atoms with Crippen LogP contribution >= 0.6 is 12.2 Å². The van der Waals surface area contributed by atoms with E-state index in [2.05, 4.69) is 41.6 Å². The highest BCUT2D eigenvalue weighted by Gasteiger charge is 2.42. The minimum Gasteiger partial charge on any atom is -0.331 e. The molecular formula is C15H20N2S. The fraction of sp³-hybridized carbons (Fsp3) is 0.533. The van der Waals surface area contributed by atoms with E-state index in [0.29, 0.717) is 5.41 Å². The number of rotatable bonds is 4. The van der Waals surface area contributed by atoms with E-state index in [1.165, 1.54) is 42.3 Å². The molecular weight excluding hydrogens is 240 g/mol. The van der Waals surface area contributed by atoms with E-state index < -0.39 is 0 Å². The highest BCUT2D eigenvalue weighted by Crippen LogP contribution is 2.51. The topological polar surface area (TPSA) is 20.7 Å². The molecule has 2 aromatic rings. The third kappa shape index (κ3) is 1.91. The summed E-state index contributed by atoms with van der Waals surface area (Å²) in [5, 5.41) is 0. The van der Waals surface area contributed by atoms with Crippen LogP contribution in [0.3, 0.4) is 0 Å². The van der Waals surface area contributed by atoms with E-state index in [1.807, 2.05) is 0 Å². The zero-order valence-electron chi connectivity index (χ0n) is 11.1. The summed E-state index contributed by atoms with van der Waals surface area (Å²) in [6.07, 6.45) is 5.32. The molecule has 1 N–H and O–H groups in total. The van der Waals surface area contributed by atoms with Crippen molar-refractivity contribution >= 4 is 23.3 Å². The van der Waals surface area contributed by atoms with Gasteiger partial charge in [0.1, 0.15) is 0 Å². The molecule has 2 nitrogen and oxygen atoms in total. The Balaban J connectivity index is 2.06. The molecule has 0 atom stereocenters. The summed E-state index contributed by atoms with van der Waals surface area (Å²) in [6.45, 7) is 5.53. The number of nitrogens with zero attached hydrogens (tertiary/aromatic N) is 1. The van der Waals surface area contributed by atoms with E-state index in [-0.39, 0.29) is 0 Å². The lowest BCUT2D eigenvalue weighted by molar-refractivity contribution is 0.391. The van der Waals surface area contributed by atoms with Crippen molar-refractivity contribution in [1.82, 2.24) is 9.55 Å². The summed E-state index contributed by atoms with van der Waals surface area (Å²) >= 11 is 5.50. The molecule has 96 valence electrons. The molecule has 0 bridgehead atoms. The third-order valence-electron chi connectivity index (χ3n) is 4.23. The Kier molecular flexibility index (Phi) is 2.81. The first kappa shape index (κ1) is 12.0. The standard InChI is InChI=1S/C15H20N2S/c1-3-7-15(8-9-15)10-17-13-11(2)5-4-6-12(13)16-14(17)18/h4-6H,3,7-10H2,1-2H3,(H,16,18). The van der Waals surface area contributed by atoms with Crippen LogP contribution < -0.4 is 0 Å². The van der Waals surface area contributed by atoms with E-state index in [0.717, 1.165) is 11.3 Å². The molecule has 3 rings (SSSR count). The van der Waals surface area contributed by atoms with E-state index >= 15 is 0 Å². The van der Waals surface area contributed by atoms with Gasteiger partial charge >= 0.3 is 0 Å². The normalized spacial score (nSPS) is 17.2. The molecule has 1 aliphatic carbocycles. The number of benzene rings is 1. The van der Waals surface area contributed by atoms with Gasteiger partial charge in [0.15, 0.2) is 4.77 Å². The predicted octanol–water partition coefficient (Wildman–Crippen LogP) is 4.59. The van der Waals surface area contributed by atoms with Crippen molar-refractivity contribution in [3.05, 3.63) is 28.5 Å². The Morgan fingerprint density at radius 2 is 2.17 bits per heavy atom. The smallest absolute Gasteiger partial charge is 0.178 e. The quantitative estimate of drug-likeness (QED) is 0.797. The summed E-state index contributed by atoms with van der Waals surface area (Å²) in [7, 11) is 0. The average Bonchev–Trinajstić information content (AvgIpc) is 3.00. The van der Waals surface area contributed by atoms with Crippen LogP contribution in [0.5, 0.6) is 0 Å². The predicted molar refractivity (Wildman–Crippen MR) is 78.4 cm³/mol. The Bertz CT molecular complexity index is 631. The lowest BCUT2D eigenvalue weighted by Crippen LogP contribution is -2.12. The molecule has 0 amide bonds. The third-order valence-corrected chi connectivity index (χ3v) is 4.55. The number of aromatic amines is 1. The zero-order valence-corrected chi connectivity index (χ0v) is 11.9. The molecule has 1 aromatic heterocycles. The number of para-hydroxylation sites is 1. The summed E-state index contributed by atoms with van der Waals surface area (Å²) in [4.78, 5) is 3.34. The van der Waals surface area contributed by atoms with Gasteiger partial charge in [-0.15, -0.1) is 0 Å². The number of nitrogens with one attached hydrogen (secondary N) is 1. The molecule has 18 heavy (non-hydrogen) atoms. The lowest BCUT2D eigenvalue weighted by Gasteiger charge is -2.16. The molecule has 0 unspecified atom stereocenters. The second kappa shape index (κ2) is 4.23. The van der Waals surface area contributed by atoms with Gasteiger partial charge in [0.2, 0.25) is 0 Å². The van der Waals surface area contributed by atoms with Gasteiger partial charge in [0.25, 0.3) is 0 Å². The molecule has 1 saturated carbocycles. The molecule has 1 aromatic carbocycles. The van der Waals surface area contributed by atoms with Crippen molar-refractivity contribution in [1.29, 1.82) is 0 Å². The molecule has 0 radical (unpaired) electrons. The van der Waals surface area contributed by atoms with Crippen LogP contribution in [0.4, 0.5) is 0 Å². The zero-order chi connectivity index (χ0) is 12.8. The highest BCUT2D eigenvalue weighted by molar-refractivity contribution is 7.71. The van der Waals surface area contributed by atoms with Crippen LogP contribution in [-0.2, 0) is 6.54 Å². The number of hydrogen-bond acceptors (Lipinski definition) is 1. The molecule has 0 spiro atoms. The second-order valence-electron chi connectivity index (χ2n) is 5.74. The van der Waals surface area contributed by atoms with Gasteiger partial charge in [0.05, 0.1) is 11.0 Å². The molecule has 1 fully saturated rings. The van der Waals surface area contributed by atoms with Crippen LogP contribution in [0.1, 0.15) is 38.2 Å². The van der Waals surface area contributed by atoms with Gasteiger partial charge in [-0.2, -0.15) is 0 Å². The van der Waals surface area contributed by atoms with Crippen molar-refractivity contribution in [2.24, 2.45) is 5.41 Å². The fourth-order valence-electron chi connectivity index (χ4n) is 3.08. The van der Waals surface area contributed by atoms with Crippen molar-refractivity contribution in [3.8, 4) is 0 Å². The highest BCUT2D eigenvalue weighted by atomic mass is 32.1. The first-order chi connectivity index (χ1) is 8.65. The van der Waals surface area contributed by atoms with Gasteiger partial charge < -0.3 is 9.55 Å². The van der Waals surface area contributed by atoms with Gasteiger partial charge in [-0.05, 0) is 55.4 Å². The van der Waals surface area contributed by atoms with Gasteiger partial charge in [-0.3, -0.25) is 0 Å². The summed E-state index contributed by atoms with van der Waals surface area (Å²) in [5.74, 6) is 0. The van der Waals surface area contributed by atoms with Crippen molar-refractivity contribution in [2.75, 3.05) is 0 Å². The van der Waals surface area contributed by atoms with Crippen LogP contribution in [0.2, 0.25) is 0 Å². The number of fused-ring (bicyclic) bond motifs is 1. The minimum absolute atomic E-state index is 0.532. The molecule has 0 aliphatic heterocycles. The molecule has 1 heterocycles. The first-order valence-corrected chi connectivity index (χ1v) is 7.24. The van der Waals surface area contributed by atoms with Crippen molar-refractivity contribution in [3.63, 3.8) is 0 Å². The van der Waals surface area contributed by atoms with Gasteiger partial charge in [0, 0.05) is 6.54 Å². The molecule has 1 aliphatic rings. The summed E-state index contributed by atoms with van der Waals surface area (Å²) in [6, 6.07) is 6.38. The second-order valence-corrected chi connectivity index (χ2v) is 6.12. The molecule has 3 heteroatoms. The number of aromatic nitrogens is 2. The van der Waals surface area contributed by atoms with E-state index in [1.54, 1.807) is 0 Å². The minimum atomic E-state index is 0.532. The Hall–Kier alpha value is -1.09. The maximum Gasteiger partial charge on any atom is 0.178 e. The first-order valence-electron chi connectivity index (χ1n) is 6.83. The number of imidazole rings is 1. The Labute approximate surface area is 113 Å². The van der Waals surface area contributed by atoms with Crippen LogP contribution in [0, 0.1) is 17.1 Å². The maximum atomic E-state index is 5.50. The lowest BCUT2D eigenvalue weighted by atomic mass is 10.0. The van der Waals surface area contributed by atoms with Gasteiger partial charge in [-0.25, -0.2) is 0 Å². The van der Waals surface area contributed by atoms with Crippen molar-refractivity contribution < 1.29 is 0 Å². The van der Waals surface area contributed by atoms with Gasteiger partial charge in [-0.1, -0.05) is 25.5 Å². The fourth-order valence-corrected chi connectivity index (χ4v) is 3.35.